The smallest absolute Gasteiger partial charge is 0.0860 e. The maximum absolute atomic E-state index is 4.60. The van der Waals surface area contributed by atoms with Gasteiger partial charge in [0.05, 0.1) is 11.2 Å². The fourth-order valence-corrected chi connectivity index (χ4v) is 1.94. The second-order valence-corrected chi connectivity index (χ2v) is 3.54. The first kappa shape index (κ1) is 9.59. The van der Waals surface area contributed by atoms with Crippen molar-refractivity contribution >= 4 is 28.7 Å². The van der Waals surface area contributed by atoms with E-state index < -0.39 is 0 Å². The van der Waals surface area contributed by atoms with Crippen LogP contribution in [0.25, 0.3) is 0 Å². The standard InChI is InChI=1S/C9H11NS2/c1-2-3-9(10-7-11)8-4-5-12-6-8/h4-6,9H,2-3H2,1H3. The quantitative estimate of drug-likeness (QED) is 0.529. The Morgan fingerprint density at radius 3 is 3.08 bits per heavy atom. The van der Waals surface area contributed by atoms with Gasteiger partial charge in [-0.3, -0.25) is 0 Å². The summed E-state index contributed by atoms with van der Waals surface area (Å²) >= 11 is 6.30. The van der Waals surface area contributed by atoms with E-state index in [4.69, 9.17) is 0 Å². The molecule has 0 aliphatic heterocycles. The zero-order valence-corrected chi connectivity index (χ0v) is 8.62. The molecule has 1 heterocycles. The van der Waals surface area contributed by atoms with Gasteiger partial charge < -0.3 is 0 Å². The molecule has 0 aromatic carbocycles. The lowest BCUT2D eigenvalue weighted by molar-refractivity contribution is 0.646. The summed E-state index contributed by atoms with van der Waals surface area (Å²) in [5.41, 5.74) is 1.26. The molecule has 1 rings (SSSR count). The van der Waals surface area contributed by atoms with Gasteiger partial charge in [0.25, 0.3) is 0 Å². The number of thiocarbonyl (C=S) groups is 1. The second kappa shape index (κ2) is 5.20. The van der Waals surface area contributed by atoms with Crippen molar-refractivity contribution < 1.29 is 0 Å². The van der Waals surface area contributed by atoms with Crippen molar-refractivity contribution in [1.29, 1.82) is 0 Å². The largest absolute Gasteiger partial charge is 0.224 e. The molecule has 1 aromatic rings. The molecule has 64 valence electrons. The third-order valence-corrected chi connectivity index (χ3v) is 2.51. The number of rotatable bonds is 4. The summed E-state index contributed by atoms with van der Waals surface area (Å²) in [6.07, 6.45) is 2.18. The highest BCUT2D eigenvalue weighted by Gasteiger charge is 2.07. The van der Waals surface area contributed by atoms with Crippen molar-refractivity contribution in [1.82, 2.24) is 0 Å². The van der Waals surface area contributed by atoms with Crippen LogP contribution in [0.3, 0.4) is 0 Å². The van der Waals surface area contributed by atoms with Crippen LogP contribution in [-0.2, 0) is 0 Å². The van der Waals surface area contributed by atoms with Crippen LogP contribution in [0.4, 0.5) is 0 Å². The Morgan fingerprint density at radius 2 is 2.58 bits per heavy atom. The first-order valence-electron chi connectivity index (χ1n) is 3.97. The van der Waals surface area contributed by atoms with Gasteiger partial charge >= 0.3 is 0 Å². The maximum atomic E-state index is 4.60. The van der Waals surface area contributed by atoms with Crippen molar-refractivity contribution in [3.8, 4) is 0 Å². The van der Waals surface area contributed by atoms with Crippen LogP contribution in [0.5, 0.6) is 0 Å². The highest BCUT2D eigenvalue weighted by Crippen LogP contribution is 2.24. The molecule has 0 saturated carbocycles. The fourth-order valence-electron chi connectivity index (χ4n) is 1.11. The maximum Gasteiger partial charge on any atom is 0.0860 e. The van der Waals surface area contributed by atoms with Crippen LogP contribution in [0.1, 0.15) is 31.4 Å². The molecule has 0 amide bonds. The molecule has 0 aliphatic rings. The van der Waals surface area contributed by atoms with E-state index in [2.05, 4.69) is 46.1 Å². The van der Waals surface area contributed by atoms with Crippen molar-refractivity contribution in [3.63, 3.8) is 0 Å². The van der Waals surface area contributed by atoms with Crippen LogP contribution in [-0.4, -0.2) is 5.16 Å². The monoisotopic (exact) mass is 197 g/mol. The summed E-state index contributed by atoms with van der Waals surface area (Å²) < 4.78 is 0. The summed E-state index contributed by atoms with van der Waals surface area (Å²) in [5.74, 6) is 0. The Bertz CT molecular complexity index is 260. The number of thiophene rings is 1. The molecule has 0 N–H and O–H groups in total. The summed E-state index contributed by atoms with van der Waals surface area (Å²) in [5, 5.41) is 6.64. The molecule has 0 saturated heterocycles. The van der Waals surface area contributed by atoms with Gasteiger partial charge in [0.1, 0.15) is 0 Å². The van der Waals surface area contributed by atoms with Gasteiger partial charge in [-0.15, -0.1) is 0 Å². The minimum atomic E-state index is 0.235. The Kier molecular flexibility index (Phi) is 4.15. The van der Waals surface area contributed by atoms with Gasteiger partial charge in [-0.05, 0) is 41.0 Å². The Balaban J connectivity index is 2.72. The van der Waals surface area contributed by atoms with E-state index in [-0.39, 0.29) is 6.04 Å². The van der Waals surface area contributed by atoms with Gasteiger partial charge in [0.2, 0.25) is 0 Å². The van der Waals surface area contributed by atoms with E-state index in [1.165, 1.54) is 5.56 Å². The minimum absolute atomic E-state index is 0.235. The predicted octanol–water partition coefficient (Wildman–Crippen LogP) is 3.69. The molecule has 0 radical (unpaired) electrons. The topological polar surface area (TPSA) is 12.4 Å². The molecule has 1 atom stereocenters. The van der Waals surface area contributed by atoms with Gasteiger partial charge in [-0.25, -0.2) is 4.99 Å². The highest BCUT2D eigenvalue weighted by molar-refractivity contribution is 7.78. The van der Waals surface area contributed by atoms with Crippen LogP contribution < -0.4 is 0 Å². The van der Waals surface area contributed by atoms with Crippen molar-refractivity contribution in [2.24, 2.45) is 4.99 Å². The number of hydrogen-bond acceptors (Lipinski definition) is 3. The SMILES string of the molecule is CCCC(N=C=S)c1ccsc1. The Morgan fingerprint density at radius 1 is 1.75 bits per heavy atom. The summed E-state index contributed by atoms with van der Waals surface area (Å²) in [6, 6.07) is 2.33. The molecular formula is C9H11NS2. The molecule has 1 aromatic heterocycles. The summed E-state index contributed by atoms with van der Waals surface area (Å²) in [6.45, 7) is 2.15. The van der Waals surface area contributed by atoms with Gasteiger partial charge in [0, 0.05) is 0 Å². The van der Waals surface area contributed by atoms with Crippen LogP contribution in [0.2, 0.25) is 0 Å². The van der Waals surface area contributed by atoms with E-state index in [1.807, 2.05) is 0 Å². The first-order chi connectivity index (χ1) is 5.88. The predicted molar refractivity (Wildman–Crippen MR) is 57.0 cm³/mol. The lowest BCUT2D eigenvalue weighted by Crippen LogP contribution is -1.91. The van der Waals surface area contributed by atoms with E-state index in [0.29, 0.717) is 0 Å². The van der Waals surface area contributed by atoms with Crippen LogP contribution >= 0.6 is 23.6 Å². The van der Waals surface area contributed by atoms with Gasteiger partial charge in [0.15, 0.2) is 0 Å². The van der Waals surface area contributed by atoms with Gasteiger partial charge in [-0.2, -0.15) is 11.3 Å². The lowest BCUT2D eigenvalue weighted by atomic mass is 10.1. The Labute approximate surface area is 82.2 Å². The number of isothiocyanates is 1. The third kappa shape index (κ3) is 2.52. The fraction of sp³-hybridized carbons (Fsp3) is 0.444. The molecule has 0 spiro atoms. The average molecular weight is 197 g/mol. The van der Waals surface area contributed by atoms with E-state index in [0.717, 1.165) is 12.8 Å². The van der Waals surface area contributed by atoms with Crippen molar-refractivity contribution in [2.45, 2.75) is 25.8 Å². The first-order valence-corrected chi connectivity index (χ1v) is 5.32. The zero-order chi connectivity index (χ0) is 8.81. The average Bonchev–Trinajstić information content (AvgIpc) is 2.56. The van der Waals surface area contributed by atoms with E-state index in [9.17, 15) is 0 Å². The molecule has 0 fully saturated rings. The number of nitrogens with zero attached hydrogens (tertiary/aromatic N) is 1. The normalized spacial score (nSPS) is 12.1. The summed E-state index contributed by atoms with van der Waals surface area (Å²) in [4.78, 5) is 4.13. The molecular weight excluding hydrogens is 186 g/mol. The Hall–Kier alpha value is -0.500. The summed E-state index contributed by atoms with van der Waals surface area (Å²) in [7, 11) is 0. The lowest BCUT2D eigenvalue weighted by Gasteiger charge is -2.05. The van der Waals surface area contributed by atoms with Crippen LogP contribution in [0.15, 0.2) is 21.8 Å². The second-order valence-electron chi connectivity index (χ2n) is 2.58. The number of hydrogen-bond donors (Lipinski definition) is 0. The van der Waals surface area contributed by atoms with E-state index in [1.54, 1.807) is 11.3 Å². The molecule has 1 nitrogen and oxygen atoms in total. The third-order valence-electron chi connectivity index (χ3n) is 1.70. The molecule has 1 unspecified atom stereocenters. The number of aliphatic imine (C=N–C) groups is 1. The van der Waals surface area contributed by atoms with Crippen molar-refractivity contribution in [3.05, 3.63) is 22.4 Å². The van der Waals surface area contributed by atoms with Crippen LogP contribution in [0, 0.1) is 0 Å². The highest BCUT2D eigenvalue weighted by atomic mass is 32.1. The van der Waals surface area contributed by atoms with E-state index >= 15 is 0 Å². The zero-order valence-electron chi connectivity index (χ0n) is 6.99. The minimum Gasteiger partial charge on any atom is -0.224 e. The van der Waals surface area contributed by atoms with Crippen molar-refractivity contribution in [2.75, 3.05) is 0 Å². The molecule has 12 heavy (non-hydrogen) atoms. The molecule has 0 bridgehead atoms. The molecule has 3 heteroatoms. The van der Waals surface area contributed by atoms with Gasteiger partial charge in [-0.1, -0.05) is 13.3 Å². The molecule has 0 aliphatic carbocycles.